The maximum Gasteiger partial charge on any atom is 0.279 e. The van der Waals surface area contributed by atoms with Crippen molar-refractivity contribution in [3.8, 4) is 16.7 Å². The Hall–Kier alpha value is -3.40. The minimum absolute atomic E-state index is 0.0840. The van der Waals surface area contributed by atoms with Crippen molar-refractivity contribution in [3.05, 3.63) is 46.6 Å². The van der Waals surface area contributed by atoms with E-state index in [-0.39, 0.29) is 33.6 Å². The van der Waals surface area contributed by atoms with Gasteiger partial charge in [-0.3, -0.25) is 14.3 Å². The van der Waals surface area contributed by atoms with Gasteiger partial charge in [0.25, 0.3) is 17.0 Å². The van der Waals surface area contributed by atoms with Gasteiger partial charge >= 0.3 is 0 Å². The van der Waals surface area contributed by atoms with E-state index < -0.39 is 5.91 Å². The van der Waals surface area contributed by atoms with Crippen LogP contribution in [0.2, 0.25) is 0 Å². The van der Waals surface area contributed by atoms with Crippen molar-refractivity contribution in [1.29, 1.82) is 0 Å². The monoisotopic (exact) mass is 441 g/mol. The summed E-state index contributed by atoms with van der Waals surface area (Å²) in [6, 6.07) is 5.89. The minimum atomic E-state index is -0.437. The lowest BCUT2D eigenvalue weighted by Crippen LogP contribution is -2.33. The second-order valence-corrected chi connectivity index (χ2v) is 9.37. The smallest absolute Gasteiger partial charge is 0.279 e. The Morgan fingerprint density at radius 2 is 2.06 bits per heavy atom. The SMILES string of the molecule is CN1CC(C)(C)Cc2nc(Oc3cc(O)cc(C(=O)Nc4ccn(C)n4)c3)sc2C1=O. The second kappa shape index (κ2) is 7.69. The number of phenols is 1. The highest BCUT2D eigenvalue weighted by Gasteiger charge is 2.33. The number of anilines is 1. The molecule has 1 aliphatic heterocycles. The zero-order valence-electron chi connectivity index (χ0n) is 17.7. The fourth-order valence-electron chi connectivity index (χ4n) is 3.60. The number of nitrogens with one attached hydrogen (secondary N) is 1. The van der Waals surface area contributed by atoms with Crippen LogP contribution in [-0.2, 0) is 13.5 Å². The Bertz CT molecular complexity index is 1170. The molecule has 0 bridgehead atoms. The molecular weight excluding hydrogens is 418 g/mol. The number of fused-ring (bicyclic) bond motifs is 1. The molecule has 1 aliphatic rings. The molecule has 0 saturated heterocycles. The summed E-state index contributed by atoms with van der Waals surface area (Å²) in [6.07, 6.45) is 2.36. The van der Waals surface area contributed by atoms with Gasteiger partial charge in [0.15, 0.2) is 5.82 Å². The van der Waals surface area contributed by atoms with Crippen molar-refractivity contribution in [2.75, 3.05) is 18.9 Å². The number of hydrogen-bond acceptors (Lipinski definition) is 7. The van der Waals surface area contributed by atoms with Gasteiger partial charge in [-0.2, -0.15) is 5.10 Å². The standard InChI is InChI=1S/C21H23N5O4S/c1-21(2)10-15-17(19(29)25(3)11-21)31-20(22-15)30-14-8-12(7-13(27)9-14)18(28)23-16-5-6-26(4)24-16/h5-9,27H,10-11H2,1-4H3,(H,23,24,28). The highest BCUT2D eigenvalue weighted by atomic mass is 32.1. The number of aryl methyl sites for hydroxylation is 1. The Morgan fingerprint density at radius 1 is 1.29 bits per heavy atom. The molecule has 9 nitrogen and oxygen atoms in total. The molecule has 0 unspecified atom stereocenters. The van der Waals surface area contributed by atoms with E-state index in [9.17, 15) is 14.7 Å². The van der Waals surface area contributed by atoms with Crippen LogP contribution in [-0.4, -0.2) is 50.2 Å². The summed E-state index contributed by atoms with van der Waals surface area (Å²) in [5.74, 6) is -0.00622. The molecule has 0 atom stereocenters. The molecule has 2 aromatic heterocycles. The molecule has 1 aromatic carbocycles. The second-order valence-electron chi connectivity index (χ2n) is 8.40. The van der Waals surface area contributed by atoms with E-state index in [1.54, 1.807) is 35.9 Å². The molecule has 0 spiro atoms. The summed E-state index contributed by atoms with van der Waals surface area (Å²) in [5, 5.41) is 17.1. The molecule has 0 radical (unpaired) electrons. The van der Waals surface area contributed by atoms with E-state index in [1.165, 1.54) is 18.2 Å². The molecule has 2 N–H and O–H groups in total. The van der Waals surface area contributed by atoms with Gasteiger partial charge in [-0.25, -0.2) is 4.98 Å². The van der Waals surface area contributed by atoms with Crippen LogP contribution in [0.3, 0.4) is 0 Å². The van der Waals surface area contributed by atoms with Gasteiger partial charge in [-0.1, -0.05) is 25.2 Å². The van der Waals surface area contributed by atoms with Crippen LogP contribution in [0.4, 0.5) is 5.82 Å². The predicted octanol–water partition coefficient (Wildman–Crippen LogP) is 3.28. The number of carbonyl (C=O) groups is 2. The van der Waals surface area contributed by atoms with Gasteiger partial charge in [0.2, 0.25) is 0 Å². The molecule has 162 valence electrons. The molecule has 3 heterocycles. The summed E-state index contributed by atoms with van der Waals surface area (Å²) in [6.45, 7) is 4.83. The number of thiazole rings is 1. The van der Waals surface area contributed by atoms with Crippen LogP contribution < -0.4 is 10.1 Å². The number of phenolic OH excluding ortho intramolecular Hbond substituents is 1. The van der Waals surface area contributed by atoms with Crippen molar-refractivity contribution in [3.63, 3.8) is 0 Å². The van der Waals surface area contributed by atoms with Crippen LogP contribution >= 0.6 is 11.3 Å². The van der Waals surface area contributed by atoms with Crippen molar-refractivity contribution < 1.29 is 19.4 Å². The van der Waals surface area contributed by atoms with Gasteiger partial charge in [0, 0.05) is 44.5 Å². The Balaban J connectivity index is 1.58. The van der Waals surface area contributed by atoms with Crippen molar-refractivity contribution in [2.24, 2.45) is 12.5 Å². The molecular formula is C21H23N5O4S. The molecule has 10 heteroatoms. The first-order chi connectivity index (χ1) is 14.6. The van der Waals surface area contributed by atoms with Gasteiger partial charge in [0.1, 0.15) is 16.4 Å². The van der Waals surface area contributed by atoms with Crippen LogP contribution in [0.1, 0.15) is 39.6 Å². The average Bonchev–Trinajstić information content (AvgIpc) is 3.23. The molecule has 3 aromatic rings. The highest BCUT2D eigenvalue weighted by Crippen LogP contribution is 2.37. The highest BCUT2D eigenvalue weighted by molar-refractivity contribution is 7.15. The van der Waals surface area contributed by atoms with E-state index in [1.807, 2.05) is 0 Å². The molecule has 31 heavy (non-hydrogen) atoms. The number of ether oxygens (including phenoxy) is 1. The third-order valence-corrected chi connectivity index (χ3v) is 5.81. The number of aromatic hydroxyl groups is 1. The average molecular weight is 442 g/mol. The first-order valence-electron chi connectivity index (χ1n) is 9.68. The summed E-state index contributed by atoms with van der Waals surface area (Å²) >= 11 is 1.16. The van der Waals surface area contributed by atoms with E-state index in [2.05, 4.69) is 29.2 Å². The van der Waals surface area contributed by atoms with Crippen molar-refractivity contribution >= 4 is 29.0 Å². The van der Waals surface area contributed by atoms with Gasteiger partial charge < -0.3 is 20.1 Å². The fraction of sp³-hybridized carbons (Fsp3) is 0.333. The molecule has 4 rings (SSSR count). The largest absolute Gasteiger partial charge is 0.508 e. The maximum atomic E-state index is 12.7. The topological polar surface area (TPSA) is 110 Å². The van der Waals surface area contributed by atoms with Gasteiger partial charge in [-0.15, -0.1) is 0 Å². The zero-order valence-corrected chi connectivity index (χ0v) is 18.5. The zero-order chi connectivity index (χ0) is 22.3. The number of nitrogens with zero attached hydrogens (tertiary/aromatic N) is 4. The lowest BCUT2D eigenvalue weighted by molar-refractivity contribution is 0.0757. The summed E-state index contributed by atoms with van der Waals surface area (Å²) in [7, 11) is 3.52. The summed E-state index contributed by atoms with van der Waals surface area (Å²) in [4.78, 5) is 32.0. The summed E-state index contributed by atoms with van der Waals surface area (Å²) in [5.41, 5.74) is 0.797. The molecule has 0 aliphatic carbocycles. The Kier molecular flexibility index (Phi) is 5.18. The van der Waals surface area contributed by atoms with E-state index in [0.29, 0.717) is 29.4 Å². The van der Waals surface area contributed by atoms with Crippen LogP contribution in [0.5, 0.6) is 16.7 Å². The normalized spacial score (nSPS) is 15.4. The van der Waals surface area contributed by atoms with Crippen LogP contribution in [0.15, 0.2) is 30.5 Å². The number of amides is 2. The first-order valence-corrected chi connectivity index (χ1v) is 10.5. The number of rotatable bonds is 4. The number of carbonyl (C=O) groups excluding carboxylic acids is 2. The third kappa shape index (κ3) is 4.53. The van der Waals surface area contributed by atoms with E-state index >= 15 is 0 Å². The fourth-order valence-corrected chi connectivity index (χ4v) is 4.55. The quantitative estimate of drug-likeness (QED) is 0.643. The molecule has 0 fully saturated rings. The Labute approximate surface area is 183 Å². The lowest BCUT2D eigenvalue weighted by Gasteiger charge is -2.26. The van der Waals surface area contributed by atoms with Gasteiger partial charge in [-0.05, 0) is 24.0 Å². The van der Waals surface area contributed by atoms with Crippen LogP contribution in [0.25, 0.3) is 0 Å². The van der Waals surface area contributed by atoms with Crippen LogP contribution in [0, 0.1) is 5.41 Å². The number of aromatic nitrogens is 3. The van der Waals surface area contributed by atoms with Crippen molar-refractivity contribution in [1.82, 2.24) is 19.7 Å². The minimum Gasteiger partial charge on any atom is -0.508 e. The molecule has 0 saturated carbocycles. The lowest BCUT2D eigenvalue weighted by atomic mass is 9.88. The maximum absolute atomic E-state index is 12.7. The number of hydrogen-bond donors (Lipinski definition) is 2. The van der Waals surface area contributed by atoms with E-state index in [4.69, 9.17) is 4.74 Å². The summed E-state index contributed by atoms with van der Waals surface area (Å²) < 4.78 is 7.40. The first kappa shape index (κ1) is 20.9. The predicted molar refractivity (Wildman–Crippen MR) is 116 cm³/mol. The number of benzene rings is 1. The third-order valence-electron chi connectivity index (χ3n) is 4.84. The van der Waals surface area contributed by atoms with E-state index in [0.717, 1.165) is 11.3 Å². The molecule has 2 amide bonds. The Morgan fingerprint density at radius 3 is 2.77 bits per heavy atom. The van der Waals surface area contributed by atoms with Crippen molar-refractivity contribution in [2.45, 2.75) is 20.3 Å². The van der Waals surface area contributed by atoms with Gasteiger partial charge in [0.05, 0.1) is 5.69 Å².